The first-order valence-corrected chi connectivity index (χ1v) is 7.19. The molecular formula is C19H25N. The Morgan fingerprint density at radius 3 is 1.40 bits per heavy atom. The highest BCUT2D eigenvalue weighted by Gasteiger charge is 2.13. The number of benzene rings is 2. The van der Waals surface area contributed by atoms with Gasteiger partial charge in [-0.25, -0.2) is 0 Å². The molecule has 0 saturated carbocycles. The largest absolute Gasteiger partial charge is 0.378 e. The van der Waals surface area contributed by atoms with Gasteiger partial charge in [-0.15, -0.1) is 0 Å². The van der Waals surface area contributed by atoms with E-state index in [-0.39, 0.29) is 0 Å². The Kier molecular flexibility index (Phi) is 3.89. The summed E-state index contributed by atoms with van der Waals surface area (Å²) in [5.41, 5.74) is 11.0. The van der Waals surface area contributed by atoms with Crippen LogP contribution in [0.5, 0.6) is 0 Å². The second kappa shape index (κ2) is 5.32. The van der Waals surface area contributed by atoms with Crippen molar-refractivity contribution >= 4 is 5.69 Å². The molecule has 0 aromatic heterocycles. The molecule has 1 heteroatoms. The van der Waals surface area contributed by atoms with E-state index < -0.39 is 0 Å². The molecule has 0 aliphatic heterocycles. The highest BCUT2D eigenvalue weighted by Crippen LogP contribution is 2.34. The first kappa shape index (κ1) is 14.6. The van der Waals surface area contributed by atoms with Gasteiger partial charge in [0, 0.05) is 19.8 Å². The van der Waals surface area contributed by atoms with Gasteiger partial charge in [0.05, 0.1) is 0 Å². The van der Waals surface area contributed by atoms with Gasteiger partial charge in [0.15, 0.2) is 0 Å². The van der Waals surface area contributed by atoms with Crippen LogP contribution < -0.4 is 4.90 Å². The van der Waals surface area contributed by atoms with E-state index in [1.807, 2.05) is 0 Å². The fraction of sp³-hybridized carbons (Fsp3) is 0.368. The monoisotopic (exact) mass is 267 g/mol. The molecule has 0 N–H and O–H groups in total. The van der Waals surface area contributed by atoms with Crippen molar-refractivity contribution in [3.63, 3.8) is 0 Å². The van der Waals surface area contributed by atoms with Crippen molar-refractivity contribution in [1.82, 2.24) is 0 Å². The van der Waals surface area contributed by atoms with Crippen LogP contribution in [0.2, 0.25) is 0 Å². The maximum Gasteiger partial charge on any atom is 0.0361 e. The van der Waals surface area contributed by atoms with Gasteiger partial charge in [0.2, 0.25) is 0 Å². The van der Waals surface area contributed by atoms with Crippen molar-refractivity contribution in [3.8, 4) is 11.1 Å². The predicted molar refractivity (Wildman–Crippen MR) is 89.9 cm³/mol. The van der Waals surface area contributed by atoms with Crippen LogP contribution in [0.25, 0.3) is 11.1 Å². The Hall–Kier alpha value is -1.76. The summed E-state index contributed by atoms with van der Waals surface area (Å²) < 4.78 is 0. The van der Waals surface area contributed by atoms with Crippen LogP contribution in [0, 0.1) is 34.6 Å². The molecule has 0 bridgehead atoms. The third-order valence-corrected chi connectivity index (χ3v) is 4.67. The quantitative estimate of drug-likeness (QED) is 0.743. The number of hydrogen-bond donors (Lipinski definition) is 0. The zero-order valence-corrected chi connectivity index (χ0v) is 13.8. The lowest BCUT2D eigenvalue weighted by atomic mass is 9.86. The van der Waals surface area contributed by atoms with Crippen molar-refractivity contribution in [2.24, 2.45) is 0 Å². The summed E-state index contributed by atoms with van der Waals surface area (Å²) in [4.78, 5) is 2.13. The molecule has 0 radical (unpaired) electrons. The van der Waals surface area contributed by atoms with E-state index in [1.165, 1.54) is 44.6 Å². The predicted octanol–water partition coefficient (Wildman–Crippen LogP) is 4.96. The molecule has 106 valence electrons. The van der Waals surface area contributed by atoms with Gasteiger partial charge in [-0.2, -0.15) is 0 Å². The summed E-state index contributed by atoms with van der Waals surface area (Å²) in [6.45, 7) is 11.2. The second-order valence-corrected chi connectivity index (χ2v) is 5.94. The summed E-state index contributed by atoms with van der Waals surface area (Å²) >= 11 is 0. The highest BCUT2D eigenvalue weighted by molar-refractivity contribution is 5.75. The average Bonchev–Trinajstić information content (AvgIpc) is 2.44. The molecule has 20 heavy (non-hydrogen) atoms. The summed E-state index contributed by atoms with van der Waals surface area (Å²) in [5.74, 6) is 0. The van der Waals surface area contributed by atoms with Crippen molar-refractivity contribution in [2.45, 2.75) is 34.6 Å². The van der Waals surface area contributed by atoms with E-state index in [4.69, 9.17) is 0 Å². The first-order valence-electron chi connectivity index (χ1n) is 7.19. The molecule has 0 unspecified atom stereocenters. The number of anilines is 1. The van der Waals surface area contributed by atoms with E-state index in [1.54, 1.807) is 0 Å². The molecule has 2 rings (SSSR count). The van der Waals surface area contributed by atoms with Crippen molar-refractivity contribution in [1.29, 1.82) is 0 Å². The minimum atomic E-state index is 1.24. The molecule has 2 aromatic rings. The lowest BCUT2D eigenvalue weighted by Gasteiger charge is -2.20. The van der Waals surface area contributed by atoms with Crippen LogP contribution >= 0.6 is 0 Å². The average molecular weight is 267 g/mol. The zero-order valence-electron chi connectivity index (χ0n) is 13.8. The zero-order chi connectivity index (χ0) is 15.0. The van der Waals surface area contributed by atoms with Crippen LogP contribution in [0.4, 0.5) is 5.69 Å². The number of rotatable bonds is 2. The lowest BCUT2D eigenvalue weighted by molar-refractivity contribution is 1.13. The van der Waals surface area contributed by atoms with E-state index in [0.29, 0.717) is 0 Å². The molecule has 1 nitrogen and oxygen atoms in total. The summed E-state index contributed by atoms with van der Waals surface area (Å²) in [7, 11) is 4.15. The Morgan fingerprint density at radius 1 is 0.600 bits per heavy atom. The van der Waals surface area contributed by atoms with Crippen molar-refractivity contribution in [3.05, 3.63) is 52.1 Å². The van der Waals surface area contributed by atoms with Gasteiger partial charge in [-0.1, -0.05) is 12.1 Å². The van der Waals surface area contributed by atoms with Crippen LogP contribution in [0.15, 0.2) is 24.3 Å². The molecule has 0 amide bonds. The highest BCUT2D eigenvalue weighted by atomic mass is 15.1. The van der Waals surface area contributed by atoms with Crippen LogP contribution in [0.1, 0.15) is 27.8 Å². The summed E-state index contributed by atoms with van der Waals surface area (Å²) in [6.07, 6.45) is 0. The van der Waals surface area contributed by atoms with E-state index in [9.17, 15) is 0 Å². The topological polar surface area (TPSA) is 3.24 Å². The molecule has 0 fully saturated rings. The third-order valence-electron chi connectivity index (χ3n) is 4.67. The molecule has 0 saturated heterocycles. The Balaban J connectivity index is 2.64. The molecule has 0 heterocycles. The fourth-order valence-corrected chi connectivity index (χ4v) is 2.86. The minimum Gasteiger partial charge on any atom is -0.378 e. The van der Waals surface area contributed by atoms with Gasteiger partial charge in [-0.05, 0) is 85.7 Å². The Bertz CT molecular complexity index is 605. The first-order chi connectivity index (χ1) is 9.34. The van der Waals surface area contributed by atoms with E-state index in [2.05, 4.69) is 77.9 Å². The van der Waals surface area contributed by atoms with Gasteiger partial charge >= 0.3 is 0 Å². The van der Waals surface area contributed by atoms with E-state index >= 15 is 0 Å². The standard InChI is InChI=1S/C19H25N/c1-12-13(2)15(4)19(16(5)14(12)3)17-8-10-18(11-9-17)20(6)7/h8-11H,1-7H3. The van der Waals surface area contributed by atoms with Gasteiger partial charge in [-0.3, -0.25) is 0 Å². The Morgan fingerprint density at radius 2 is 1.00 bits per heavy atom. The van der Waals surface area contributed by atoms with Crippen molar-refractivity contribution in [2.75, 3.05) is 19.0 Å². The van der Waals surface area contributed by atoms with Gasteiger partial charge in [0.1, 0.15) is 0 Å². The number of hydrogen-bond acceptors (Lipinski definition) is 1. The minimum absolute atomic E-state index is 1.24. The normalized spacial score (nSPS) is 10.8. The SMILES string of the molecule is Cc1c(C)c(C)c(-c2ccc(N(C)C)cc2)c(C)c1C. The maximum absolute atomic E-state index is 2.24. The maximum atomic E-state index is 2.24. The smallest absolute Gasteiger partial charge is 0.0361 e. The number of nitrogens with zero attached hydrogens (tertiary/aromatic N) is 1. The van der Waals surface area contributed by atoms with Crippen LogP contribution in [-0.2, 0) is 0 Å². The lowest BCUT2D eigenvalue weighted by Crippen LogP contribution is -2.08. The molecular weight excluding hydrogens is 242 g/mol. The summed E-state index contributed by atoms with van der Waals surface area (Å²) in [5, 5.41) is 0. The Labute approximate surface area is 123 Å². The molecule has 0 atom stereocenters. The summed E-state index contributed by atoms with van der Waals surface area (Å²) in [6, 6.07) is 8.86. The van der Waals surface area contributed by atoms with Gasteiger partial charge < -0.3 is 4.90 Å². The van der Waals surface area contributed by atoms with Crippen LogP contribution in [-0.4, -0.2) is 14.1 Å². The molecule has 0 aliphatic carbocycles. The second-order valence-electron chi connectivity index (χ2n) is 5.94. The van der Waals surface area contributed by atoms with Gasteiger partial charge in [0.25, 0.3) is 0 Å². The van der Waals surface area contributed by atoms with E-state index in [0.717, 1.165) is 0 Å². The third kappa shape index (κ3) is 2.33. The fourth-order valence-electron chi connectivity index (χ4n) is 2.86. The van der Waals surface area contributed by atoms with Crippen molar-refractivity contribution < 1.29 is 0 Å². The molecule has 0 spiro atoms. The van der Waals surface area contributed by atoms with Crippen LogP contribution in [0.3, 0.4) is 0 Å². The molecule has 0 aliphatic rings. The molecule has 2 aromatic carbocycles.